The van der Waals surface area contributed by atoms with Gasteiger partial charge in [-0.3, -0.25) is 4.72 Å². The van der Waals surface area contributed by atoms with E-state index in [-0.39, 0.29) is 27.3 Å². The second kappa shape index (κ2) is 11.3. The SMILES string of the molecule is COc1cc(-c2c(F)ccc(NS(=O)(=O)c3cc(Cl)cc4c3CCC4O)c2F)cc2cnc(NC3CCCNC3)nc12. The first-order valence-electron chi connectivity index (χ1n) is 13.5. The van der Waals surface area contributed by atoms with Crippen LogP contribution in [0.1, 0.15) is 36.5 Å². The molecular weight excluding hydrogens is 588 g/mol. The fraction of sp³-hybridized carbons (Fsp3) is 0.310. The molecule has 42 heavy (non-hydrogen) atoms. The molecule has 2 unspecified atom stereocenters. The molecule has 0 radical (unpaired) electrons. The molecule has 4 N–H and O–H groups in total. The van der Waals surface area contributed by atoms with Crippen LogP contribution in [0.4, 0.5) is 20.4 Å². The van der Waals surface area contributed by atoms with Crippen molar-refractivity contribution in [3.05, 3.63) is 70.4 Å². The molecule has 2 atom stereocenters. The number of hydrogen-bond donors (Lipinski definition) is 4. The molecular formula is C29H28ClF2N5O4S. The highest BCUT2D eigenvalue weighted by molar-refractivity contribution is 7.92. The van der Waals surface area contributed by atoms with Crippen molar-refractivity contribution in [2.75, 3.05) is 30.2 Å². The van der Waals surface area contributed by atoms with Crippen LogP contribution in [0.2, 0.25) is 5.02 Å². The Morgan fingerprint density at radius 1 is 1.17 bits per heavy atom. The fourth-order valence-electron chi connectivity index (χ4n) is 5.61. The van der Waals surface area contributed by atoms with Crippen LogP contribution in [-0.4, -0.2) is 49.7 Å². The molecule has 13 heteroatoms. The number of ether oxygens (including phenoxy) is 1. The van der Waals surface area contributed by atoms with Crippen LogP contribution < -0.4 is 20.1 Å². The molecule has 0 spiro atoms. The number of nitrogens with zero attached hydrogens (tertiary/aromatic N) is 2. The van der Waals surface area contributed by atoms with Gasteiger partial charge in [-0.2, -0.15) is 0 Å². The zero-order valence-electron chi connectivity index (χ0n) is 22.5. The Hall–Kier alpha value is -3.58. The third kappa shape index (κ3) is 5.35. The lowest BCUT2D eigenvalue weighted by Gasteiger charge is -2.23. The van der Waals surface area contributed by atoms with E-state index in [0.29, 0.717) is 40.8 Å². The number of benzene rings is 3. The highest BCUT2D eigenvalue weighted by Gasteiger charge is 2.30. The summed E-state index contributed by atoms with van der Waals surface area (Å²) in [6, 6.07) is 7.93. The number of fused-ring (bicyclic) bond motifs is 2. The molecule has 0 amide bonds. The summed E-state index contributed by atoms with van der Waals surface area (Å²) in [6.07, 6.45) is 3.37. The number of aliphatic hydroxyl groups is 1. The number of nitrogens with one attached hydrogen (secondary N) is 3. The van der Waals surface area contributed by atoms with Gasteiger partial charge in [-0.25, -0.2) is 27.2 Å². The Kier molecular flexibility index (Phi) is 7.64. The molecule has 9 nitrogen and oxygen atoms in total. The molecule has 2 aliphatic rings. The molecule has 4 aromatic rings. The normalized spacial score (nSPS) is 18.6. The van der Waals surface area contributed by atoms with Gasteiger partial charge in [0.2, 0.25) is 5.95 Å². The maximum Gasteiger partial charge on any atom is 0.262 e. The first-order chi connectivity index (χ1) is 20.1. The van der Waals surface area contributed by atoms with Gasteiger partial charge in [-0.1, -0.05) is 11.6 Å². The van der Waals surface area contributed by atoms with Gasteiger partial charge in [0.25, 0.3) is 10.0 Å². The molecule has 3 aromatic carbocycles. The summed E-state index contributed by atoms with van der Waals surface area (Å²) in [6.45, 7) is 1.76. The highest BCUT2D eigenvalue weighted by Crippen LogP contribution is 2.40. The molecule has 1 aromatic heterocycles. The minimum atomic E-state index is -4.35. The summed E-state index contributed by atoms with van der Waals surface area (Å²) in [5, 5.41) is 17.5. The van der Waals surface area contributed by atoms with E-state index in [9.17, 15) is 13.5 Å². The molecule has 220 valence electrons. The maximum atomic E-state index is 15.9. The van der Waals surface area contributed by atoms with Crippen molar-refractivity contribution in [2.45, 2.75) is 42.7 Å². The smallest absolute Gasteiger partial charge is 0.262 e. The number of aromatic nitrogens is 2. The maximum absolute atomic E-state index is 15.9. The summed E-state index contributed by atoms with van der Waals surface area (Å²) >= 11 is 6.14. The molecule has 1 fully saturated rings. The molecule has 1 aliphatic heterocycles. The predicted molar refractivity (Wildman–Crippen MR) is 156 cm³/mol. The van der Waals surface area contributed by atoms with E-state index in [0.717, 1.165) is 38.1 Å². The Morgan fingerprint density at radius 3 is 2.76 bits per heavy atom. The van der Waals surface area contributed by atoms with Crippen LogP contribution in [0.5, 0.6) is 5.75 Å². The number of aliphatic hydroxyl groups excluding tert-OH is 1. The first kappa shape index (κ1) is 28.5. The molecule has 0 saturated carbocycles. The first-order valence-corrected chi connectivity index (χ1v) is 15.3. The molecule has 1 aliphatic carbocycles. The number of methoxy groups -OCH3 is 1. The van der Waals surface area contributed by atoms with Crippen LogP contribution in [0.3, 0.4) is 0 Å². The number of piperidine rings is 1. The Balaban J connectivity index is 1.36. The third-order valence-electron chi connectivity index (χ3n) is 7.65. The lowest BCUT2D eigenvalue weighted by Crippen LogP contribution is -2.38. The zero-order chi connectivity index (χ0) is 29.6. The van der Waals surface area contributed by atoms with Gasteiger partial charge >= 0.3 is 0 Å². The summed E-state index contributed by atoms with van der Waals surface area (Å²) in [4.78, 5) is 8.80. The van der Waals surface area contributed by atoms with Crippen molar-refractivity contribution in [3.8, 4) is 16.9 Å². The Bertz CT molecular complexity index is 1800. The summed E-state index contributed by atoms with van der Waals surface area (Å²) in [5.41, 5.74) is 0.504. The average Bonchev–Trinajstić information content (AvgIpc) is 3.34. The number of anilines is 2. The largest absolute Gasteiger partial charge is 0.494 e. The minimum Gasteiger partial charge on any atom is -0.494 e. The van der Waals surface area contributed by atoms with Crippen molar-refractivity contribution in [1.29, 1.82) is 0 Å². The van der Waals surface area contributed by atoms with E-state index in [1.165, 1.54) is 31.4 Å². The zero-order valence-corrected chi connectivity index (χ0v) is 24.1. The third-order valence-corrected chi connectivity index (χ3v) is 9.30. The van der Waals surface area contributed by atoms with Crippen LogP contribution >= 0.6 is 11.6 Å². The van der Waals surface area contributed by atoms with E-state index in [1.807, 2.05) is 0 Å². The van der Waals surface area contributed by atoms with Crippen LogP contribution in [0.15, 0.2) is 47.5 Å². The van der Waals surface area contributed by atoms with Gasteiger partial charge in [0.15, 0.2) is 5.82 Å². The van der Waals surface area contributed by atoms with E-state index >= 15 is 8.78 Å². The number of sulfonamides is 1. The van der Waals surface area contributed by atoms with Gasteiger partial charge in [0.05, 0.1) is 29.4 Å². The fourth-order valence-corrected chi connectivity index (χ4v) is 7.28. The summed E-state index contributed by atoms with van der Waals surface area (Å²) in [5.74, 6) is -1.32. The van der Waals surface area contributed by atoms with Crippen molar-refractivity contribution < 1.29 is 27.0 Å². The average molecular weight is 616 g/mol. The van der Waals surface area contributed by atoms with Crippen molar-refractivity contribution in [1.82, 2.24) is 15.3 Å². The van der Waals surface area contributed by atoms with Crippen LogP contribution in [0.25, 0.3) is 22.0 Å². The lowest BCUT2D eigenvalue weighted by molar-refractivity contribution is 0.180. The Labute approximate surface area is 246 Å². The number of hydrogen-bond acceptors (Lipinski definition) is 8. The molecule has 6 rings (SSSR count). The van der Waals surface area contributed by atoms with Gasteiger partial charge in [0.1, 0.15) is 17.1 Å². The van der Waals surface area contributed by atoms with E-state index in [4.69, 9.17) is 16.3 Å². The van der Waals surface area contributed by atoms with E-state index in [1.54, 1.807) is 6.20 Å². The van der Waals surface area contributed by atoms with Gasteiger partial charge in [-0.15, -0.1) is 0 Å². The number of halogens is 3. The monoisotopic (exact) mass is 615 g/mol. The second-order valence-electron chi connectivity index (χ2n) is 10.4. The van der Waals surface area contributed by atoms with Crippen molar-refractivity contribution in [3.63, 3.8) is 0 Å². The van der Waals surface area contributed by atoms with Gasteiger partial charge in [0, 0.05) is 29.2 Å². The van der Waals surface area contributed by atoms with E-state index < -0.39 is 39.0 Å². The topological polar surface area (TPSA) is 125 Å². The van der Waals surface area contributed by atoms with E-state index in [2.05, 4.69) is 25.3 Å². The quantitative estimate of drug-likeness (QED) is 0.224. The second-order valence-corrected chi connectivity index (χ2v) is 12.5. The predicted octanol–water partition coefficient (Wildman–Crippen LogP) is 5.18. The Morgan fingerprint density at radius 2 is 2.00 bits per heavy atom. The molecule has 2 heterocycles. The van der Waals surface area contributed by atoms with Gasteiger partial charge in [-0.05, 0) is 85.3 Å². The van der Waals surface area contributed by atoms with Crippen molar-refractivity contribution >= 4 is 44.2 Å². The van der Waals surface area contributed by atoms with Crippen LogP contribution in [-0.2, 0) is 16.4 Å². The van der Waals surface area contributed by atoms with Crippen molar-refractivity contribution in [2.24, 2.45) is 0 Å². The minimum absolute atomic E-state index is 0.114. The molecule has 0 bridgehead atoms. The number of rotatable bonds is 7. The molecule has 1 saturated heterocycles. The highest BCUT2D eigenvalue weighted by atomic mass is 35.5. The van der Waals surface area contributed by atoms with Crippen LogP contribution in [0, 0.1) is 11.6 Å². The summed E-state index contributed by atoms with van der Waals surface area (Å²) in [7, 11) is -2.92. The summed E-state index contributed by atoms with van der Waals surface area (Å²) < 4.78 is 65.6. The van der Waals surface area contributed by atoms with Gasteiger partial charge < -0.3 is 20.5 Å². The lowest BCUT2D eigenvalue weighted by atomic mass is 10.0. The standard InChI is InChI=1S/C29H28ClF2N5O4S/c1-41-24-10-15(9-16-13-34-29(36-28(16)24)35-18-3-2-8-33-14-18)26-21(31)5-6-22(27(26)32)37-42(39,40)25-12-17(30)11-20-19(25)4-7-23(20)38/h5-6,9-13,18,23,33,37-38H,2-4,7-8,14H2,1H3,(H,34,35,36).